The molecule has 2 heteroatoms. The van der Waals surface area contributed by atoms with E-state index in [4.69, 9.17) is 0 Å². The number of allylic oxidation sites excluding steroid dienone is 1. The Morgan fingerprint density at radius 2 is 2.09 bits per heavy atom. The fourth-order valence-electron chi connectivity index (χ4n) is 6.80. The highest BCUT2D eigenvalue weighted by molar-refractivity contribution is 5.91. The first-order valence-electron chi connectivity index (χ1n) is 9.17. The van der Waals surface area contributed by atoms with Crippen LogP contribution in [-0.4, -0.2) is 5.78 Å². The highest BCUT2D eigenvalue weighted by atomic mass is 16.1. The van der Waals surface area contributed by atoms with E-state index >= 15 is 0 Å². The molecular weight excluding hydrogens is 270 g/mol. The molecule has 0 aliphatic heterocycles. The summed E-state index contributed by atoms with van der Waals surface area (Å²) in [5.74, 6) is 4.28. The third kappa shape index (κ3) is 1.87. The van der Waals surface area contributed by atoms with Crippen molar-refractivity contribution in [2.24, 2.45) is 40.9 Å². The SMILES string of the molecule is C[C@@H]1CC2=CC(=O)CC[C@@H]2[C@H]2CC[C@]3(C)C(C#N)CC[C@H]3[C@@H]21. The smallest absolute Gasteiger partial charge is 0.155 e. The normalized spacial score (nSPS) is 50.4. The Hall–Kier alpha value is -1.10. The van der Waals surface area contributed by atoms with Gasteiger partial charge in [0.15, 0.2) is 5.78 Å². The van der Waals surface area contributed by atoms with Crippen LogP contribution >= 0.6 is 0 Å². The lowest BCUT2D eigenvalue weighted by atomic mass is 9.49. The van der Waals surface area contributed by atoms with Gasteiger partial charge in [-0.1, -0.05) is 19.4 Å². The van der Waals surface area contributed by atoms with Crippen LogP contribution < -0.4 is 0 Å². The summed E-state index contributed by atoms with van der Waals surface area (Å²) in [6.45, 7) is 4.80. The van der Waals surface area contributed by atoms with Gasteiger partial charge in [-0.2, -0.15) is 5.26 Å². The Bertz CT molecular complexity index is 571. The van der Waals surface area contributed by atoms with Crippen molar-refractivity contribution in [2.75, 3.05) is 0 Å². The summed E-state index contributed by atoms with van der Waals surface area (Å²) < 4.78 is 0. The maximum Gasteiger partial charge on any atom is 0.155 e. The molecule has 0 spiro atoms. The molecule has 7 atom stereocenters. The number of nitriles is 1. The molecule has 0 radical (unpaired) electrons. The third-order valence-electron chi connectivity index (χ3n) is 7.80. The molecule has 2 nitrogen and oxygen atoms in total. The van der Waals surface area contributed by atoms with Gasteiger partial charge in [-0.25, -0.2) is 0 Å². The lowest BCUT2D eigenvalue weighted by Crippen LogP contribution is -2.49. The highest BCUT2D eigenvalue weighted by Gasteiger charge is 2.57. The zero-order chi connectivity index (χ0) is 15.5. The van der Waals surface area contributed by atoms with E-state index in [0.29, 0.717) is 17.6 Å². The van der Waals surface area contributed by atoms with E-state index in [1.165, 1.54) is 24.8 Å². The largest absolute Gasteiger partial charge is 0.295 e. The van der Waals surface area contributed by atoms with Crippen molar-refractivity contribution < 1.29 is 4.79 Å². The number of carbonyl (C=O) groups excluding carboxylic acids is 1. The third-order valence-corrected chi connectivity index (χ3v) is 7.80. The Labute approximate surface area is 134 Å². The van der Waals surface area contributed by atoms with E-state index in [0.717, 1.165) is 43.4 Å². The van der Waals surface area contributed by atoms with Gasteiger partial charge in [0.1, 0.15) is 0 Å². The Kier molecular flexibility index (Phi) is 3.26. The molecule has 1 unspecified atom stereocenters. The van der Waals surface area contributed by atoms with Gasteiger partial charge in [0, 0.05) is 6.42 Å². The van der Waals surface area contributed by atoms with Crippen LogP contribution in [0.4, 0.5) is 0 Å². The summed E-state index contributed by atoms with van der Waals surface area (Å²) in [6, 6.07) is 2.62. The molecule has 0 N–H and O–H groups in total. The lowest BCUT2D eigenvalue weighted by molar-refractivity contribution is -0.116. The highest BCUT2D eigenvalue weighted by Crippen LogP contribution is 2.64. The lowest BCUT2D eigenvalue weighted by Gasteiger charge is -2.55. The van der Waals surface area contributed by atoms with Crippen LogP contribution in [0.2, 0.25) is 0 Å². The van der Waals surface area contributed by atoms with Crippen molar-refractivity contribution in [1.29, 1.82) is 5.26 Å². The minimum Gasteiger partial charge on any atom is -0.295 e. The predicted octanol–water partition coefficient (Wildman–Crippen LogP) is 4.51. The van der Waals surface area contributed by atoms with Gasteiger partial charge in [0.25, 0.3) is 0 Å². The number of fused-ring (bicyclic) bond motifs is 5. The number of ketones is 1. The average molecular weight is 297 g/mol. The number of rotatable bonds is 0. The van der Waals surface area contributed by atoms with Crippen molar-refractivity contribution in [2.45, 2.75) is 58.8 Å². The molecule has 4 aliphatic rings. The molecule has 118 valence electrons. The standard InChI is InChI=1S/C20H27NO/c1-12-9-13-10-15(22)4-5-16(13)17-7-8-20(2)14(11-21)3-6-18(20)19(12)17/h10,12,14,16-19H,3-9H2,1-2H3/t12-,14?,16+,17-,18+,19-,20-/m1/s1. The summed E-state index contributed by atoms with van der Waals surface area (Å²) in [5, 5.41) is 9.55. The molecule has 0 aromatic heterocycles. The summed E-state index contributed by atoms with van der Waals surface area (Å²) in [4.78, 5) is 11.8. The molecular formula is C20H27NO. The Balaban J connectivity index is 1.68. The molecule has 0 aromatic rings. The van der Waals surface area contributed by atoms with Crippen molar-refractivity contribution >= 4 is 5.78 Å². The number of carbonyl (C=O) groups is 1. The van der Waals surface area contributed by atoms with Crippen molar-refractivity contribution in [3.63, 3.8) is 0 Å². The van der Waals surface area contributed by atoms with Crippen LogP contribution in [0.1, 0.15) is 58.8 Å². The summed E-state index contributed by atoms with van der Waals surface area (Å²) in [5.41, 5.74) is 1.72. The molecule has 4 aliphatic carbocycles. The van der Waals surface area contributed by atoms with E-state index in [1.54, 1.807) is 0 Å². The van der Waals surface area contributed by atoms with Gasteiger partial charge in [0.05, 0.1) is 12.0 Å². The second kappa shape index (κ2) is 4.95. The number of hydrogen-bond donors (Lipinski definition) is 0. The van der Waals surface area contributed by atoms with E-state index in [-0.39, 0.29) is 11.3 Å². The molecule has 0 bridgehead atoms. The number of hydrogen-bond acceptors (Lipinski definition) is 2. The fourth-order valence-corrected chi connectivity index (χ4v) is 6.80. The maximum atomic E-state index is 11.8. The number of nitrogens with zero attached hydrogens (tertiary/aromatic N) is 1. The molecule has 0 heterocycles. The zero-order valence-corrected chi connectivity index (χ0v) is 13.8. The maximum absolute atomic E-state index is 11.8. The van der Waals surface area contributed by atoms with E-state index in [2.05, 4.69) is 19.9 Å². The van der Waals surface area contributed by atoms with Crippen LogP contribution in [0.15, 0.2) is 11.6 Å². The van der Waals surface area contributed by atoms with Crippen LogP contribution in [0.25, 0.3) is 0 Å². The quantitative estimate of drug-likeness (QED) is 0.660. The Morgan fingerprint density at radius 3 is 2.86 bits per heavy atom. The van der Waals surface area contributed by atoms with E-state index in [1.807, 2.05) is 6.08 Å². The van der Waals surface area contributed by atoms with Crippen molar-refractivity contribution in [1.82, 2.24) is 0 Å². The van der Waals surface area contributed by atoms with Crippen molar-refractivity contribution in [3.8, 4) is 6.07 Å². The van der Waals surface area contributed by atoms with Gasteiger partial charge in [-0.15, -0.1) is 0 Å². The van der Waals surface area contributed by atoms with Crippen LogP contribution in [0, 0.1) is 52.3 Å². The zero-order valence-electron chi connectivity index (χ0n) is 13.8. The molecule has 22 heavy (non-hydrogen) atoms. The predicted molar refractivity (Wildman–Crippen MR) is 85.7 cm³/mol. The second-order valence-corrected chi connectivity index (χ2v) is 8.66. The summed E-state index contributed by atoms with van der Waals surface area (Å²) >= 11 is 0. The van der Waals surface area contributed by atoms with Crippen LogP contribution in [-0.2, 0) is 4.79 Å². The summed E-state index contributed by atoms with van der Waals surface area (Å²) in [7, 11) is 0. The molecule has 3 fully saturated rings. The van der Waals surface area contributed by atoms with Crippen molar-refractivity contribution in [3.05, 3.63) is 11.6 Å². The van der Waals surface area contributed by atoms with Gasteiger partial charge >= 0.3 is 0 Å². The molecule has 0 aromatic carbocycles. The van der Waals surface area contributed by atoms with E-state index < -0.39 is 0 Å². The van der Waals surface area contributed by atoms with Gasteiger partial charge in [-0.3, -0.25) is 4.79 Å². The first-order valence-corrected chi connectivity index (χ1v) is 9.17. The van der Waals surface area contributed by atoms with Crippen LogP contribution in [0.5, 0.6) is 0 Å². The van der Waals surface area contributed by atoms with Gasteiger partial charge in [-0.05, 0) is 79.6 Å². The minimum atomic E-state index is 0.260. The first kappa shape index (κ1) is 14.5. The second-order valence-electron chi connectivity index (χ2n) is 8.66. The molecule has 0 saturated heterocycles. The topological polar surface area (TPSA) is 40.9 Å². The summed E-state index contributed by atoms with van der Waals surface area (Å²) in [6.07, 6.45) is 9.82. The van der Waals surface area contributed by atoms with Gasteiger partial charge < -0.3 is 0 Å². The minimum absolute atomic E-state index is 0.260. The van der Waals surface area contributed by atoms with Crippen LogP contribution in [0.3, 0.4) is 0 Å². The molecule has 4 rings (SSSR count). The first-order chi connectivity index (χ1) is 10.5. The molecule has 3 saturated carbocycles. The molecule has 0 amide bonds. The Morgan fingerprint density at radius 1 is 1.27 bits per heavy atom. The van der Waals surface area contributed by atoms with E-state index in [9.17, 15) is 10.1 Å². The average Bonchev–Trinajstić information content (AvgIpc) is 2.83. The monoisotopic (exact) mass is 297 g/mol. The van der Waals surface area contributed by atoms with Gasteiger partial charge in [0.2, 0.25) is 0 Å². The fraction of sp³-hybridized carbons (Fsp3) is 0.800.